The molecule has 1 aliphatic heterocycles. The zero-order chi connectivity index (χ0) is 16.2. The van der Waals surface area contributed by atoms with Crippen LogP contribution in [0.3, 0.4) is 0 Å². The first kappa shape index (κ1) is 15.8. The Bertz CT molecular complexity index is 672. The standard InChI is InChI=1S/C16H18N2O4S/c1-21-16(20)12-9-14(22-11-12)15(19)18-6-4-17(5-7-18)10-13-3-2-8-23-13/h2-3,8-9,11H,4-7,10H2,1H3. The number of furan rings is 1. The average molecular weight is 334 g/mol. The van der Waals surface area contributed by atoms with Crippen LogP contribution in [0.15, 0.2) is 34.3 Å². The molecular weight excluding hydrogens is 316 g/mol. The van der Waals surface area contributed by atoms with Crippen LogP contribution in [0.2, 0.25) is 0 Å². The van der Waals surface area contributed by atoms with Crippen molar-refractivity contribution in [1.82, 2.24) is 9.80 Å². The van der Waals surface area contributed by atoms with Crippen LogP contribution in [0.25, 0.3) is 0 Å². The van der Waals surface area contributed by atoms with Crippen molar-refractivity contribution >= 4 is 23.2 Å². The van der Waals surface area contributed by atoms with E-state index in [9.17, 15) is 9.59 Å². The van der Waals surface area contributed by atoms with E-state index in [4.69, 9.17) is 4.42 Å². The van der Waals surface area contributed by atoms with E-state index in [1.807, 2.05) is 0 Å². The SMILES string of the molecule is COC(=O)c1coc(C(=O)N2CCN(Cc3cccs3)CC2)c1. The first-order chi connectivity index (χ1) is 11.2. The fourth-order valence-corrected chi connectivity index (χ4v) is 3.31. The third-order valence-corrected chi connectivity index (χ3v) is 4.71. The van der Waals surface area contributed by atoms with Crippen molar-refractivity contribution in [3.63, 3.8) is 0 Å². The molecule has 3 rings (SSSR count). The summed E-state index contributed by atoms with van der Waals surface area (Å²) in [4.78, 5) is 29.2. The highest BCUT2D eigenvalue weighted by atomic mass is 32.1. The number of hydrogen-bond donors (Lipinski definition) is 0. The van der Waals surface area contributed by atoms with Crippen LogP contribution in [0, 0.1) is 0 Å². The molecule has 1 saturated heterocycles. The summed E-state index contributed by atoms with van der Waals surface area (Å²) < 4.78 is 9.82. The second-order valence-corrected chi connectivity index (χ2v) is 6.37. The van der Waals surface area contributed by atoms with Gasteiger partial charge in [0.2, 0.25) is 0 Å². The molecule has 3 heterocycles. The maximum Gasteiger partial charge on any atom is 0.341 e. The van der Waals surface area contributed by atoms with E-state index < -0.39 is 5.97 Å². The van der Waals surface area contributed by atoms with Gasteiger partial charge in [-0.3, -0.25) is 9.69 Å². The Morgan fingerprint density at radius 1 is 1.30 bits per heavy atom. The molecule has 0 radical (unpaired) electrons. The molecule has 1 aliphatic rings. The minimum atomic E-state index is -0.506. The van der Waals surface area contributed by atoms with Gasteiger partial charge in [0.05, 0.1) is 12.7 Å². The highest BCUT2D eigenvalue weighted by Crippen LogP contribution is 2.16. The van der Waals surface area contributed by atoms with Crippen LogP contribution >= 0.6 is 11.3 Å². The van der Waals surface area contributed by atoms with Crippen LogP contribution in [0.4, 0.5) is 0 Å². The van der Waals surface area contributed by atoms with Gasteiger partial charge in [0, 0.05) is 43.7 Å². The van der Waals surface area contributed by atoms with E-state index in [1.165, 1.54) is 24.3 Å². The molecule has 2 aromatic rings. The zero-order valence-electron chi connectivity index (χ0n) is 12.9. The quantitative estimate of drug-likeness (QED) is 0.801. The van der Waals surface area contributed by atoms with E-state index in [0.29, 0.717) is 13.1 Å². The van der Waals surface area contributed by atoms with Gasteiger partial charge >= 0.3 is 5.97 Å². The van der Waals surface area contributed by atoms with Crippen molar-refractivity contribution in [1.29, 1.82) is 0 Å². The number of methoxy groups -OCH3 is 1. The Hall–Kier alpha value is -2.12. The van der Waals surface area contributed by atoms with Gasteiger partial charge in [0.25, 0.3) is 5.91 Å². The first-order valence-corrected chi connectivity index (χ1v) is 8.26. The second-order valence-electron chi connectivity index (χ2n) is 5.34. The number of esters is 1. The summed E-state index contributed by atoms with van der Waals surface area (Å²) in [6.45, 7) is 3.88. The molecule has 6 nitrogen and oxygen atoms in total. The fourth-order valence-electron chi connectivity index (χ4n) is 2.56. The molecule has 0 bridgehead atoms. The summed E-state index contributed by atoms with van der Waals surface area (Å²) in [6.07, 6.45) is 1.26. The van der Waals surface area contributed by atoms with E-state index >= 15 is 0 Å². The summed E-state index contributed by atoms with van der Waals surface area (Å²) in [5, 5.41) is 2.07. The van der Waals surface area contributed by atoms with Crippen LogP contribution < -0.4 is 0 Å². The van der Waals surface area contributed by atoms with Gasteiger partial charge < -0.3 is 14.1 Å². The molecule has 122 valence electrons. The summed E-state index contributed by atoms with van der Waals surface area (Å²) >= 11 is 1.75. The van der Waals surface area contributed by atoms with Crippen molar-refractivity contribution < 1.29 is 18.7 Å². The minimum Gasteiger partial charge on any atom is -0.465 e. The number of hydrogen-bond acceptors (Lipinski definition) is 6. The highest BCUT2D eigenvalue weighted by molar-refractivity contribution is 7.09. The summed E-state index contributed by atoms with van der Waals surface area (Å²) in [5.41, 5.74) is 0.257. The first-order valence-electron chi connectivity index (χ1n) is 7.38. The van der Waals surface area contributed by atoms with Crippen LogP contribution in [-0.2, 0) is 11.3 Å². The van der Waals surface area contributed by atoms with Gasteiger partial charge in [-0.1, -0.05) is 6.07 Å². The maximum absolute atomic E-state index is 12.4. The molecule has 2 aromatic heterocycles. The lowest BCUT2D eigenvalue weighted by molar-refractivity contribution is 0.0592. The lowest BCUT2D eigenvalue weighted by atomic mass is 10.2. The minimum absolute atomic E-state index is 0.178. The van der Waals surface area contributed by atoms with Crippen LogP contribution in [0.5, 0.6) is 0 Å². The number of nitrogens with zero attached hydrogens (tertiary/aromatic N) is 2. The number of rotatable bonds is 4. The molecule has 0 N–H and O–H groups in total. The molecule has 7 heteroatoms. The number of ether oxygens (including phenoxy) is 1. The monoisotopic (exact) mass is 334 g/mol. The Labute approximate surface area is 138 Å². The summed E-state index contributed by atoms with van der Waals surface area (Å²) in [7, 11) is 1.30. The molecule has 1 amide bonds. The van der Waals surface area contributed by atoms with Crippen LogP contribution in [0.1, 0.15) is 25.8 Å². The van der Waals surface area contributed by atoms with Gasteiger partial charge in [-0.05, 0) is 11.4 Å². The molecule has 0 unspecified atom stereocenters. The lowest BCUT2D eigenvalue weighted by Crippen LogP contribution is -2.48. The normalized spacial score (nSPS) is 15.6. The van der Waals surface area contributed by atoms with E-state index in [2.05, 4.69) is 27.1 Å². The molecule has 1 fully saturated rings. The molecule has 0 aromatic carbocycles. The summed E-state index contributed by atoms with van der Waals surface area (Å²) in [6, 6.07) is 5.61. The van der Waals surface area contributed by atoms with E-state index in [0.717, 1.165) is 19.6 Å². The summed E-state index contributed by atoms with van der Waals surface area (Å²) in [5.74, 6) is -0.512. The third kappa shape index (κ3) is 3.62. The predicted molar refractivity (Wildman–Crippen MR) is 85.5 cm³/mol. The zero-order valence-corrected chi connectivity index (χ0v) is 13.7. The van der Waals surface area contributed by atoms with E-state index in [-0.39, 0.29) is 17.2 Å². The van der Waals surface area contributed by atoms with Gasteiger partial charge in [0.1, 0.15) is 6.26 Å². The third-order valence-electron chi connectivity index (χ3n) is 3.85. The molecule has 0 aliphatic carbocycles. The fraction of sp³-hybridized carbons (Fsp3) is 0.375. The molecule has 23 heavy (non-hydrogen) atoms. The molecule has 0 atom stereocenters. The number of amides is 1. The maximum atomic E-state index is 12.4. The molecular formula is C16H18N2O4S. The average Bonchev–Trinajstić information content (AvgIpc) is 3.26. The topological polar surface area (TPSA) is 63.0 Å². The highest BCUT2D eigenvalue weighted by Gasteiger charge is 2.25. The molecule has 0 saturated carbocycles. The van der Waals surface area contributed by atoms with Gasteiger partial charge in [-0.2, -0.15) is 0 Å². The van der Waals surface area contributed by atoms with Gasteiger partial charge in [0.15, 0.2) is 5.76 Å². The molecule has 0 spiro atoms. The predicted octanol–water partition coefficient (Wildman–Crippen LogP) is 2.09. The van der Waals surface area contributed by atoms with Crippen molar-refractivity contribution in [2.24, 2.45) is 0 Å². The Morgan fingerprint density at radius 2 is 2.09 bits per heavy atom. The Morgan fingerprint density at radius 3 is 2.74 bits per heavy atom. The van der Waals surface area contributed by atoms with Gasteiger partial charge in [-0.25, -0.2) is 4.79 Å². The van der Waals surface area contributed by atoms with Crippen molar-refractivity contribution in [3.8, 4) is 0 Å². The van der Waals surface area contributed by atoms with Gasteiger partial charge in [-0.15, -0.1) is 11.3 Å². The van der Waals surface area contributed by atoms with Crippen LogP contribution in [-0.4, -0.2) is 55.0 Å². The lowest BCUT2D eigenvalue weighted by Gasteiger charge is -2.34. The Balaban J connectivity index is 1.55. The number of carbonyl (C=O) groups excluding carboxylic acids is 2. The second kappa shape index (κ2) is 6.97. The van der Waals surface area contributed by atoms with Crippen molar-refractivity contribution in [2.45, 2.75) is 6.54 Å². The Kier molecular flexibility index (Phi) is 4.78. The largest absolute Gasteiger partial charge is 0.465 e. The number of thiophene rings is 1. The number of carbonyl (C=O) groups is 2. The van der Waals surface area contributed by atoms with Crippen molar-refractivity contribution in [3.05, 3.63) is 46.0 Å². The van der Waals surface area contributed by atoms with E-state index in [1.54, 1.807) is 16.2 Å². The van der Waals surface area contributed by atoms with Crippen molar-refractivity contribution in [2.75, 3.05) is 33.3 Å². The number of piperazine rings is 1. The smallest absolute Gasteiger partial charge is 0.341 e.